The Labute approximate surface area is 182 Å². The zero-order valence-corrected chi connectivity index (χ0v) is 18.9. The van der Waals surface area contributed by atoms with Crippen molar-refractivity contribution in [3.05, 3.63) is 50.9 Å². The van der Waals surface area contributed by atoms with Gasteiger partial charge < -0.3 is 10.1 Å². The van der Waals surface area contributed by atoms with Crippen molar-refractivity contribution in [2.75, 3.05) is 18.5 Å². The second kappa shape index (κ2) is 8.90. The van der Waals surface area contributed by atoms with E-state index in [-0.39, 0.29) is 11.9 Å². The number of benzene rings is 1. The molecule has 0 spiro atoms. The van der Waals surface area contributed by atoms with Crippen LogP contribution in [0, 0.1) is 0 Å². The monoisotopic (exact) mass is 426 g/mol. The molecule has 160 valence electrons. The van der Waals surface area contributed by atoms with Crippen molar-refractivity contribution in [1.82, 2.24) is 4.90 Å². The van der Waals surface area contributed by atoms with Gasteiger partial charge in [0.05, 0.1) is 12.2 Å². The van der Waals surface area contributed by atoms with Crippen molar-refractivity contribution >= 4 is 28.2 Å². The average molecular weight is 427 g/mol. The molecule has 1 aromatic carbocycles. The van der Waals surface area contributed by atoms with E-state index in [1.807, 2.05) is 19.1 Å². The van der Waals surface area contributed by atoms with Gasteiger partial charge in [-0.3, -0.25) is 9.69 Å². The van der Waals surface area contributed by atoms with Gasteiger partial charge in [0.1, 0.15) is 5.00 Å². The number of nitrogens with one attached hydrogen (secondary N) is 1. The molecule has 0 bridgehead atoms. The zero-order chi connectivity index (χ0) is 21.3. The van der Waals surface area contributed by atoms with E-state index < -0.39 is 0 Å². The molecular weight excluding hydrogens is 396 g/mol. The summed E-state index contributed by atoms with van der Waals surface area (Å²) in [6.45, 7) is 8.21. The Bertz CT molecular complexity index is 964. The van der Waals surface area contributed by atoms with Crippen LogP contribution >= 0.6 is 11.3 Å². The minimum absolute atomic E-state index is 0.159. The van der Waals surface area contributed by atoms with Crippen molar-refractivity contribution < 1.29 is 14.3 Å². The molecule has 6 heteroatoms. The van der Waals surface area contributed by atoms with E-state index in [4.69, 9.17) is 4.74 Å². The molecule has 5 nitrogen and oxygen atoms in total. The number of aryl methyl sites for hydroxylation is 2. The normalized spacial score (nSPS) is 16.1. The van der Waals surface area contributed by atoms with Crippen LogP contribution in [0.2, 0.25) is 0 Å². The molecule has 0 unspecified atom stereocenters. The van der Waals surface area contributed by atoms with Crippen LogP contribution in [-0.2, 0) is 30.5 Å². The first-order chi connectivity index (χ1) is 14.5. The SMILES string of the molecule is CCOC(=O)c1c(NC(=O)c2ccc3c(c2)CCCC3)sc2c1CCN(C(C)C)C2. The van der Waals surface area contributed by atoms with Gasteiger partial charge >= 0.3 is 5.97 Å². The minimum Gasteiger partial charge on any atom is -0.462 e. The number of esters is 1. The predicted octanol–water partition coefficient (Wildman–Crippen LogP) is 4.82. The van der Waals surface area contributed by atoms with E-state index in [0.717, 1.165) is 42.8 Å². The number of carbonyl (C=O) groups excluding carboxylic acids is 2. The molecule has 30 heavy (non-hydrogen) atoms. The summed E-state index contributed by atoms with van der Waals surface area (Å²) in [5.41, 5.74) is 4.87. The third-order valence-electron chi connectivity index (χ3n) is 6.13. The maximum absolute atomic E-state index is 13.1. The van der Waals surface area contributed by atoms with E-state index >= 15 is 0 Å². The summed E-state index contributed by atoms with van der Waals surface area (Å²) in [5.74, 6) is -0.498. The van der Waals surface area contributed by atoms with Crippen LogP contribution in [-0.4, -0.2) is 36.0 Å². The first-order valence-electron chi connectivity index (χ1n) is 11.0. The molecular formula is C24H30N2O3S. The smallest absolute Gasteiger partial charge is 0.341 e. The summed E-state index contributed by atoms with van der Waals surface area (Å²) in [6, 6.07) is 6.44. The van der Waals surface area contributed by atoms with E-state index in [2.05, 4.69) is 30.1 Å². The largest absolute Gasteiger partial charge is 0.462 e. The molecule has 4 rings (SSSR count). The molecule has 0 saturated heterocycles. The lowest BCUT2D eigenvalue weighted by Gasteiger charge is -2.30. The second-order valence-corrected chi connectivity index (χ2v) is 9.49. The van der Waals surface area contributed by atoms with Gasteiger partial charge in [-0.2, -0.15) is 0 Å². The van der Waals surface area contributed by atoms with Gasteiger partial charge in [-0.15, -0.1) is 11.3 Å². The molecule has 1 aromatic heterocycles. The Kier molecular flexibility index (Phi) is 6.25. The predicted molar refractivity (Wildman–Crippen MR) is 121 cm³/mol. The molecule has 1 N–H and O–H groups in total. The highest BCUT2D eigenvalue weighted by Gasteiger charge is 2.30. The van der Waals surface area contributed by atoms with Crippen molar-refractivity contribution in [2.45, 2.75) is 65.5 Å². The minimum atomic E-state index is -0.339. The molecule has 0 saturated carbocycles. The molecule has 0 fully saturated rings. The zero-order valence-electron chi connectivity index (χ0n) is 18.0. The maximum Gasteiger partial charge on any atom is 0.341 e. The van der Waals surface area contributed by atoms with Gasteiger partial charge in [0.25, 0.3) is 5.91 Å². The van der Waals surface area contributed by atoms with Gasteiger partial charge in [0.15, 0.2) is 0 Å². The summed E-state index contributed by atoms with van der Waals surface area (Å²) >= 11 is 1.51. The fourth-order valence-electron chi connectivity index (χ4n) is 4.42. The van der Waals surface area contributed by atoms with Crippen LogP contribution in [0.3, 0.4) is 0 Å². The van der Waals surface area contributed by atoms with Crippen LogP contribution in [0.1, 0.15) is 75.9 Å². The fraction of sp³-hybridized carbons (Fsp3) is 0.500. The number of nitrogens with zero attached hydrogens (tertiary/aromatic N) is 1. The lowest BCUT2D eigenvalue weighted by molar-refractivity contribution is 0.0526. The summed E-state index contributed by atoms with van der Waals surface area (Å²) < 4.78 is 5.33. The number of rotatable bonds is 5. The molecule has 1 aliphatic heterocycles. The summed E-state index contributed by atoms with van der Waals surface area (Å²) in [6.07, 6.45) is 5.31. The highest BCUT2D eigenvalue weighted by atomic mass is 32.1. The summed E-state index contributed by atoms with van der Waals surface area (Å²) in [5, 5.41) is 3.65. The molecule has 1 amide bonds. The van der Waals surface area contributed by atoms with Crippen molar-refractivity contribution in [2.24, 2.45) is 0 Å². The fourth-order valence-corrected chi connectivity index (χ4v) is 5.68. The Hall–Kier alpha value is -2.18. The number of anilines is 1. The number of thiophene rings is 1. The summed E-state index contributed by atoms with van der Waals surface area (Å²) in [7, 11) is 0. The molecule has 2 aromatic rings. The lowest BCUT2D eigenvalue weighted by atomic mass is 9.90. The third kappa shape index (κ3) is 4.16. The van der Waals surface area contributed by atoms with Crippen LogP contribution in [0.15, 0.2) is 18.2 Å². The third-order valence-corrected chi connectivity index (χ3v) is 7.27. The average Bonchev–Trinajstić information content (AvgIpc) is 3.10. The molecule has 0 radical (unpaired) electrons. The Morgan fingerprint density at radius 1 is 1.17 bits per heavy atom. The Morgan fingerprint density at radius 2 is 1.93 bits per heavy atom. The Morgan fingerprint density at radius 3 is 2.67 bits per heavy atom. The second-order valence-electron chi connectivity index (χ2n) is 8.39. The molecule has 1 aliphatic carbocycles. The number of amides is 1. The van der Waals surface area contributed by atoms with Crippen molar-refractivity contribution in [3.63, 3.8) is 0 Å². The number of hydrogen-bond acceptors (Lipinski definition) is 5. The summed E-state index contributed by atoms with van der Waals surface area (Å²) in [4.78, 5) is 29.3. The lowest BCUT2D eigenvalue weighted by Crippen LogP contribution is -2.35. The van der Waals surface area contributed by atoms with Gasteiger partial charge in [0.2, 0.25) is 0 Å². The van der Waals surface area contributed by atoms with E-state index in [0.29, 0.717) is 28.8 Å². The quantitative estimate of drug-likeness (QED) is 0.696. The highest BCUT2D eigenvalue weighted by Crippen LogP contribution is 2.38. The van der Waals surface area contributed by atoms with Crippen molar-refractivity contribution in [1.29, 1.82) is 0 Å². The first-order valence-corrected chi connectivity index (χ1v) is 11.8. The highest BCUT2D eigenvalue weighted by molar-refractivity contribution is 7.17. The van der Waals surface area contributed by atoms with E-state index in [1.165, 1.54) is 35.3 Å². The molecule has 0 atom stereocenters. The van der Waals surface area contributed by atoms with Gasteiger partial charge in [0, 0.05) is 29.6 Å². The Balaban J connectivity index is 1.63. The van der Waals surface area contributed by atoms with Crippen LogP contribution in [0.4, 0.5) is 5.00 Å². The van der Waals surface area contributed by atoms with Gasteiger partial charge in [-0.1, -0.05) is 6.07 Å². The van der Waals surface area contributed by atoms with Crippen LogP contribution in [0.25, 0.3) is 0 Å². The maximum atomic E-state index is 13.1. The van der Waals surface area contributed by atoms with Crippen LogP contribution < -0.4 is 5.32 Å². The number of ether oxygens (including phenoxy) is 1. The number of carbonyl (C=O) groups is 2. The van der Waals surface area contributed by atoms with E-state index in [9.17, 15) is 9.59 Å². The molecule has 2 aliphatic rings. The topological polar surface area (TPSA) is 58.6 Å². The van der Waals surface area contributed by atoms with Crippen molar-refractivity contribution in [3.8, 4) is 0 Å². The number of fused-ring (bicyclic) bond motifs is 2. The standard InChI is InChI=1S/C24H30N2O3S/c1-4-29-24(28)21-19-11-12-26(15(2)3)14-20(19)30-23(21)25-22(27)18-10-9-16-7-5-6-8-17(16)13-18/h9-10,13,15H,4-8,11-12,14H2,1-3H3,(H,25,27). The van der Waals surface area contributed by atoms with Gasteiger partial charge in [-0.05, 0) is 81.7 Å². The molecule has 2 heterocycles. The number of hydrogen-bond donors (Lipinski definition) is 1. The van der Waals surface area contributed by atoms with Crippen LogP contribution in [0.5, 0.6) is 0 Å². The van der Waals surface area contributed by atoms with Gasteiger partial charge in [-0.25, -0.2) is 4.79 Å². The van der Waals surface area contributed by atoms with E-state index in [1.54, 1.807) is 0 Å². The first kappa shape index (κ1) is 21.1.